The predicted molar refractivity (Wildman–Crippen MR) is 98.8 cm³/mol. The van der Waals surface area contributed by atoms with Crippen molar-refractivity contribution < 1.29 is 0 Å². The number of hydrogen-bond acceptors (Lipinski definition) is 2. The van der Waals surface area contributed by atoms with E-state index in [9.17, 15) is 0 Å². The molecule has 0 unspecified atom stereocenters. The van der Waals surface area contributed by atoms with Gasteiger partial charge in [0.1, 0.15) is 0 Å². The van der Waals surface area contributed by atoms with Gasteiger partial charge in [0.25, 0.3) is 0 Å². The molecule has 1 fully saturated rings. The van der Waals surface area contributed by atoms with E-state index in [4.69, 9.17) is 0 Å². The summed E-state index contributed by atoms with van der Waals surface area (Å²) in [5.41, 5.74) is 6.00. The second kappa shape index (κ2) is 6.66. The molecule has 2 aromatic rings. The Bertz CT molecular complexity index is 701. The van der Waals surface area contributed by atoms with E-state index in [1.807, 2.05) is 18.3 Å². The summed E-state index contributed by atoms with van der Waals surface area (Å²) in [5.74, 6) is 0. The molecular weight excluding hydrogens is 336 g/mol. The SMILES string of the molecule is Cc1cc(N2CCCC2)ccc1C=Nc1ccc(Br)cc1C. The second-order valence-electron chi connectivity index (χ2n) is 5.92. The molecule has 0 aliphatic carbocycles. The van der Waals surface area contributed by atoms with Gasteiger partial charge < -0.3 is 4.90 Å². The second-order valence-corrected chi connectivity index (χ2v) is 6.84. The molecule has 1 saturated heterocycles. The Balaban J connectivity index is 1.81. The Kier molecular flexibility index (Phi) is 4.63. The first-order chi connectivity index (χ1) is 10.6. The highest BCUT2D eigenvalue weighted by Crippen LogP contribution is 2.25. The van der Waals surface area contributed by atoms with Crippen LogP contribution in [-0.4, -0.2) is 19.3 Å². The van der Waals surface area contributed by atoms with Crippen LogP contribution in [0, 0.1) is 13.8 Å². The molecule has 2 aromatic carbocycles. The molecule has 0 bridgehead atoms. The van der Waals surface area contributed by atoms with E-state index in [2.05, 4.69) is 63.9 Å². The highest BCUT2D eigenvalue weighted by Gasteiger charge is 2.12. The lowest BCUT2D eigenvalue weighted by atomic mass is 10.1. The summed E-state index contributed by atoms with van der Waals surface area (Å²) < 4.78 is 1.09. The van der Waals surface area contributed by atoms with Crippen molar-refractivity contribution in [2.75, 3.05) is 18.0 Å². The molecule has 0 amide bonds. The molecule has 22 heavy (non-hydrogen) atoms. The van der Waals surface area contributed by atoms with E-state index in [1.165, 1.54) is 48.3 Å². The average Bonchev–Trinajstić information content (AvgIpc) is 3.02. The van der Waals surface area contributed by atoms with Crippen LogP contribution in [0.3, 0.4) is 0 Å². The largest absolute Gasteiger partial charge is 0.372 e. The fraction of sp³-hybridized carbons (Fsp3) is 0.316. The number of nitrogens with zero attached hydrogens (tertiary/aromatic N) is 2. The van der Waals surface area contributed by atoms with Crippen molar-refractivity contribution >= 4 is 33.5 Å². The number of aryl methyl sites for hydroxylation is 2. The molecule has 0 aromatic heterocycles. The first-order valence-corrected chi connectivity index (χ1v) is 8.58. The van der Waals surface area contributed by atoms with Gasteiger partial charge in [0.15, 0.2) is 0 Å². The van der Waals surface area contributed by atoms with Crippen LogP contribution in [0.15, 0.2) is 45.9 Å². The summed E-state index contributed by atoms with van der Waals surface area (Å²) in [6, 6.07) is 12.8. The normalized spacial score (nSPS) is 15.0. The van der Waals surface area contributed by atoms with E-state index in [-0.39, 0.29) is 0 Å². The molecule has 1 heterocycles. The maximum absolute atomic E-state index is 4.65. The van der Waals surface area contributed by atoms with E-state index >= 15 is 0 Å². The van der Waals surface area contributed by atoms with Crippen molar-refractivity contribution in [1.82, 2.24) is 0 Å². The van der Waals surface area contributed by atoms with Gasteiger partial charge in [-0.1, -0.05) is 22.0 Å². The Morgan fingerprint density at radius 2 is 1.77 bits per heavy atom. The minimum absolute atomic E-state index is 1.02. The molecule has 0 atom stereocenters. The molecule has 2 nitrogen and oxygen atoms in total. The fourth-order valence-electron chi connectivity index (χ4n) is 2.88. The maximum atomic E-state index is 4.65. The minimum atomic E-state index is 1.02. The van der Waals surface area contributed by atoms with Gasteiger partial charge in [-0.2, -0.15) is 0 Å². The molecule has 0 saturated carbocycles. The van der Waals surface area contributed by atoms with Crippen LogP contribution in [0.1, 0.15) is 29.5 Å². The van der Waals surface area contributed by atoms with Crippen LogP contribution in [0.5, 0.6) is 0 Å². The van der Waals surface area contributed by atoms with Gasteiger partial charge in [0.2, 0.25) is 0 Å². The van der Waals surface area contributed by atoms with Gasteiger partial charge in [-0.25, -0.2) is 0 Å². The first kappa shape index (κ1) is 15.3. The monoisotopic (exact) mass is 356 g/mol. The van der Waals surface area contributed by atoms with Crippen molar-refractivity contribution in [1.29, 1.82) is 0 Å². The third-order valence-electron chi connectivity index (χ3n) is 4.23. The quantitative estimate of drug-likeness (QED) is 0.670. The summed E-state index contributed by atoms with van der Waals surface area (Å²) in [4.78, 5) is 7.11. The number of benzene rings is 2. The minimum Gasteiger partial charge on any atom is -0.372 e. The first-order valence-electron chi connectivity index (χ1n) is 7.79. The zero-order valence-corrected chi connectivity index (χ0v) is 14.7. The Morgan fingerprint density at radius 1 is 1.00 bits per heavy atom. The van der Waals surface area contributed by atoms with Crippen LogP contribution in [0.4, 0.5) is 11.4 Å². The number of rotatable bonds is 3. The molecule has 1 aliphatic rings. The van der Waals surface area contributed by atoms with Crippen molar-refractivity contribution in [2.24, 2.45) is 4.99 Å². The summed E-state index contributed by atoms with van der Waals surface area (Å²) >= 11 is 3.49. The lowest BCUT2D eigenvalue weighted by Gasteiger charge is -2.18. The smallest absolute Gasteiger partial charge is 0.0659 e. The van der Waals surface area contributed by atoms with Crippen LogP contribution in [0.25, 0.3) is 0 Å². The lowest BCUT2D eigenvalue weighted by molar-refractivity contribution is 0.949. The summed E-state index contributed by atoms with van der Waals surface area (Å²) in [6.45, 7) is 6.62. The zero-order valence-electron chi connectivity index (χ0n) is 13.1. The lowest BCUT2D eigenvalue weighted by Crippen LogP contribution is -2.17. The third kappa shape index (κ3) is 3.41. The van der Waals surface area contributed by atoms with Crippen molar-refractivity contribution in [2.45, 2.75) is 26.7 Å². The Hall–Kier alpha value is -1.61. The van der Waals surface area contributed by atoms with Crippen LogP contribution in [0.2, 0.25) is 0 Å². The predicted octanol–water partition coefficient (Wildman–Crippen LogP) is 5.42. The van der Waals surface area contributed by atoms with E-state index in [0.29, 0.717) is 0 Å². The van der Waals surface area contributed by atoms with Gasteiger partial charge in [0, 0.05) is 29.5 Å². The van der Waals surface area contributed by atoms with Gasteiger partial charge in [-0.3, -0.25) is 4.99 Å². The topological polar surface area (TPSA) is 15.6 Å². The maximum Gasteiger partial charge on any atom is 0.0659 e. The number of aliphatic imine (C=N–C) groups is 1. The van der Waals surface area contributed by atoms with Gasteiger partial charge in [-0.15, -0.1) is 0 Å². The average molecular weight is 357 g/mol. The Labute approximate surface area is 141 Å². The highest BCUT2D eigenvalue weighted by atomic mass is 79.9. The molecular formula is C19H21BrN2. The van der Waals surface area contributed by atoms with E-state index < -0.39 is 0 Å². The highest BCUT2D eigenvalue weighted by molar-refractivity contribution is 9.10. The van der Waals surface area contributed by atoms with Crippen molar-refractivity contribution in [3.63, 3.8) is 0 Å². The number of hydrogen-bond donors (Lipinski definition) is 0. The number of anilines is 1. The zero-order chi connectivity index (χ0) is 15.5. The summed E-state index contributed by atoms with van der Waals surface area (Å²) in [7, 11) is 0. The van der Waals surface area contributed by atoms with Gasteiger partial charge in [0.05, 0.1) is 5.69 Å². The van der Waals surface area contributed by atoms with Crippen LogP contribution >= 0.6 is 15.9 Å². The van der Waals surface area contributed by atoms with Gasteiger partial charge >= 0.3 is 0 Å². The standard InChI is InChI=1S/C19H21BrN2/c1-14-12-18(22-9-3-4-10-22)7-5-16(14)13-21-19-8-6-17(20)11-15(19)2/h5-8,11-13H,3-4,9-10H2,1-2H3. The molecule has 3 heteroatoms. The number of halogens is 1. The molecule has 114 valence electrons. The molecule has 0 spiro atoms. The molecule has 0 N–H and O–H groups in total. The van der Waals surface area contributed by atoms with Crippen LogP contribution < -0.4 is 4.90 Å². The van der Waals surface area contributed by atoms with Crippen LogP contribution in [-0.2, 0) is 0 Å². The van der Waals surface area contributed by atoms with Gasteiger partial charge in [-0.05, 0) is 73.7 Å². The molecule has 3 rings (SSSR count). The Morgan fingerprint density at radius 3 is 2.45 bits per heavy atom. The molecule has 0 radical (unpaired) electrons. The van der Waals surface area contributed by atoms with Crippen molar-refractivity contribution in [3.8, 4) is 0 Å². The third-order valence-corrected chi connectivity index (χ3v) is 4.72. The summed E-state index contributed by atoms with van der Waals surface area (Å²) in [5, 5.41) is 0. The fourth-order valence-corrected chi connectivity index (χ4v) is 3.36. The molecule has 1 aliphatic heterocycles. The summed E-state index contributed by atoms with van der Waals surface area (Å²) in [6.07, 6.45) is 4.59. The van der Waals surface area contributed by atoms with E-state index in [0.717, 1.165) is 10.2 Å². The van der Waals surface area contributed by atoms with Crippen molar-refractivity contribution in [3.05, 3.63) is 57.6 Å². The van der Waals surface area contributed by atoms with E-state index in [1.54, 1.807) is 0 Å².